The lowest BCUT2D eigenvalue weighted by atomic mass is 10.1. The van der Waals surface area contributed by atoms with Gasteiger partial charge in [-0.05, 0) is 29.9 Å². The van der Waals surface area contributed by atoms with E-state index in [1.807, 2.05) is 54.6 Å². The Kier molecular flexibility index (Phi) is 5.98. The van der Waals surface area contributed by atoms with Gasteiger partial charge in [0, 0.05) is 13.1 Å². The first-order valence-electron chi connectivity index (χ1n) is 8.29. The molecule has 2 N–H and O–H groups in total. The van der Waals surface area contributed by atoms with Crippen molar-refractivity contribution in [3.8, 4) is 0 Å². The minimum Gasteiger partial charge on any atom is -0.378 e. The van der Waals surface area contributed by atoms with Crippen molar-refractivity contribution in [2.75, 3.05) is 36.5 Å². The van der Waals surface area contributed by atoms with Crippen LogP contribution in [0.5, 0.6) is 0 Å². The first-order valence-corrected chi connectivity index (χ1v) is 8.70. The van der Waals surface area contributed by atoms with Gasteiger partial charge in [-0.1, -0.05) is 42.5 Å². The van der Waals surface area contributed by atoms with Gasteiger partial charge in [0.15, 0.2) is 5.11 Å². The van der Waals surface area contributed by atoms with E-state index in [0.717, 1.165) is 30.0 Å². The highest BCUT2D eigenvalue weighted by Gasteiger charge is 2.15. The van der Waals surface area contributed by atoms with Crippen molar-refractivity contribution < 1.29 is 9.53 Å². The number of carbonyl (C=O) groups excluding carboxylic acids is 1. The van der Waals surface area contributed by atoms with Gasteiger partial charge < -0.3 is 20.3 Å². The first-order chi connectivity index (χ1) is 12.2. The third-order valence-electron chi connectivity index (χ3n) is 3.96. The molecule has 25 heavy (non-hydrogen) atoms. The van der Waals surface area contributed by atoms with E-state index < -0.39 is 0 Å². The van der Waals surface area contributed by atoms with Gasteiger partial charge >= 0.3 is 0 Å². The second kappa shape index (κ2) is 8.60. The molecule has 0 atom stereocenters. The maximum absolute atomic E-state index is 12.1. The Morgan fingerprint density at radius 2 is 1.72 bits per heavy atom. The zero-order valence-corrected chi connectivity index (χ0v) is 14.7. The van der Waals surface area contributed by atoms with Crippen LogP contribution in [-0.4, -0.2) is 37.3 Å². The summed E-state index contributed by atoms with van der Waals surface area (Å²) in [6.45, 7) is 3.11. The highest BCUT2D eigenvalue weighted by molar-refractivity contribution is 7.80. The second-order valence-corrected chi connectivity index (χ2v) is 6.19. The molecule has 3 rings (SSSR count). The minimum absolute atomic E-state index is 0.132. The summed E-state index contributed by atoms with van der Waals surface area (Å²) in [5.41, 5.74) is 2.90. The molecule has 0 spiro atoms. The number of benzene rings is 2. The van der Waals surface area contributed by atoms with E-state index in [1.54, 1.807) is 0 Å². The summed E-state index contributed by atoms with van der Waals surface area (Å²) in [4.78, 5) is 14.4. The van der Waals surface area contributed by atoms with E-state index in [1.165, 1.54) is 0 Å². The lowest BCUT2D eigenvalue weighted by Gasteiger charge is -2.30. The topological polar surface area (TPSA) is 53.6 Å². The minimum atomic E-state index is -0.132. The molecule has 2 aromatic rings. The van der Waals surface area contributed by atoms with Crippen molar-refractivity contribution in [2.24, 2.45) is 0 Å². The van der Waals surface area contributed by atoms with Crippen molar-refractivity contribution >= 4 is 34.6 Å². The molecule has 0 bridgehead atoms. The van der Waals surface area contributed by atoms with Crippen molar-refractivity contribution in [3.05, 3.63) is 60.2 Å². The average molecular weight is 355 g/mol. The Morgan fingerprint density at radius 1 is 1.04 bits per heavy atom. The number of thiocarbonyl (C=S) groups is 1. The van der Waals surface area contributed by atoms with Crippen molar-refractivity contribution in [2.45, 2.75) is 6.42 Å². The van der Waals surface area contributed by atoms with Crippen molar-refractivity contribution in [3.63, 3.8) is 0 Å². The van der Waals surface area contributed by atoms with Crippen LogP contribution in [0.15, 0.2) is 54.6 Å². The number of hydrogen-bond donors (Lipinski definition) is 2. The molecule has 1 aliphatic rings. The van der Waals surface area contributed by atoms with Crippen LogP contribution >= 0.6 is 12.2 Å². The van der Waals surface area contributed by atoms with E-state index in [4.69, 9.17) is 17.0 Å². The van der Waals surface area contributed by atoms with E-state index >= 15 is 0 Å². The van der Waals surface area contributed by atoms with E-state index in [9.17, 15) is 4.79 Å². The average Bonchev–Trinajstić information content (AvgIpc) is 2.63. The number of amides is 1. The Labute approximate surface area is 153 Å². The van der Waals surface area contributed by atoms with Crippen LogP contribution in [0.25, 0.3) is 0 Å². The highest BCUT2D eigenvalue weighted by Crippen LogP contribution is 2.26. The lowest BCUT2D eigenvalue weighted by Crippen LogP contribution is -2.38. The number of nitrogens with zero attached hydrogens (tertiary/aromatic N) is 1. The van der Waals surface area contributed by atoms with E-state index in [-0.39, 0.29) is 5.91 Å². The number of carbonyl (C=O) groups is 1. The molecule has 2 aromatic carbocycles. The Hall–Kier alpha value is -2.44. The quantitative estimate of drug-likeness (QED) is 0.826. The Bertz CT molecular complexity index is 730. The molecule has 1 saturated heterocycles. The van der Waals surface area contributed by atoms with Crippen LogP contribution in [0, 0.1) is 0 Å². The molecule has 6 heteroatoms. The smallest absolute Gasteiger partial charge is 0.230 e. The molecule has 1 aliphatic heterocycles. The molecule has 5 nitrogen and oxygen atoms in total. The standard InChI is InChI=1S/C19H21N3O2S/c23-18(14-15-6-2-1-3-7-15)21-19(25)20-16-8-4-5-9-17(16)22-10-12-24-13-11-22/h1-9H,10-14H2,(H2,20,21,23,25). The number of nitrogens with one attached hydrogen (secondary N) is 2. The van der Waals surface area contributed by atoms with Crippen LogP contribution in [0.4, 0.5) is 11.4 Å². The number of para-hydroxylation sites is 2. The van der Waals surface area contributed by atoms with E-state index in [0.29, 0.717) is 24.7 Å². The normalized spacial score (nSPS) is 14.0. The zero-order valence-electron chi connectivity index (χ0n) is 13.9. The summed E-state index contributed by atoms with van der Waals surface area (Å²) in [6, 6.07) is 17.5. The van der Waals surface area contributed by atoms with Crippen LogP contribution < -0.4 is 15.5 Å². The number of morpholine rings is 1. The zero-order chi connectivity index (χ0) is 17.5. The summed E-state index contributed by atoms with van der Waals surface area (Å²) in [6.07, 6.45) is 0.299. The molecule has 1 fully saturated rings. The third kappa shape index (κ3) is 5.01. The van der Waals surface area contributed by atoms with Gasteiger partial charge in [-0.25, -0.2) is 0 Å². The van der Waals surface area contributed by atoms with E-state index in [2.05, 4.69) is 15.5 Å². The summed E-state index contributed by atoms with van der Waals surface area (Å²) < 4.78 is 5.41. The van der Waals surface area contributed by atoms with Crippen LogP contribution in [0.3, 0.4) is 0 Å². The molecule has 0 radical (unpaired) electrons. The van der Waals surface area contributed by atoms with Gasteiger partial charge in [0.25, 0.3) is 0 Å². The van der Waals surface area contributed by atoms with Gasteiger partial charge in [0.1, 0.15) is 0 Å². The number of ether oxygens (including phenoxy) is 1. The lowest BCUT2D eigenvalue weighted by molar-refractivity contribution is -0.119. The SMILES string of the molecule is O=C(Cc1ccccc1)NC(=S)Nc1ccccc1N1CCOCC1. The molecular formula is C19H21N3O2S. The monoisotopic (exact) mass is 355 g/mol. The maximum Gasteiger partial charge on any atom is 0.230 e. The van der Waals surface area contributed by atoms with Gasteiger partial charge in [-0.15, -0.1) is 0 Å². The van der Waals surface area contributed by atoms with Crippen molar-refractivity contribution in [1.29, 1.82) is 0 Å². The fraction of sp³-hybridized carbons (Fsp3) is 0.263. The predicted octanol–water partition coefficient (Wildman–Crippen LogP) is 2.58. The third-order valence-corrected chi connectivity index (χ3v) is 4.17. The Morgan fingerprint density at radius 3 is 2.48 bits per heavy atom. The fourth-order valence-corrected chi connectivity index (χ4v) is 2.99. The molecule has 0 aliphatic carbocycles. The van der Waals surface area contributed by atoms with Crippen LogP contribution in [0.2, 0.25) is 0 Å². The highest BCUT2D eigenvalue weighted by atomic mass is 32.1. The summed E-state index contributed by atoms with van der Waals surface area (Å²) in [5, 5.41) is 6.19. The van der Waals surface area contributed by atoms with Crippen molar-refractivity contribution in [1.82, 2.24) is 5.32 Å². The maximum atomic E-state index is 12.1. The molecule has 0 unspecified atom stereocenters. The van der Waals surface area contributed by atoms with Gasteiger partial charge in [0.05, 0.1) is 31.0 Å². The predicted molar refractivity (Wildman–Crippen MR) is 104 cm³/mol. The second-order valence-electron chi connectivity index (χ2n) is 5.78. The number of rotatable bonds is 4. The fourth-order valence-electron chi connectivity index (χ4n) is 2.76. The first kappa shape index (κ1) is 17.4. The number of anilines is 2. The molecule has 130 valence electrons. The van der Waals surface area contributed by atoms with Gasteiger partial charge in [-0.2, -0.15) is 0 Å². The van der Waals surface area contributed by atoms with Gasteiger partial charge in [0.2, 0.25) is 5.91 Å². The number of hydrogen-bond acceptors (Lipinski definition) is 4. The summed E-state index contributed by atoms with van der Waals surface area (Å²) in [5.74, 6) is -0.132. The largest absolute Gasteiger partial charge is 0.378 e. The van der Waals surface area contributed by atoms with Crippen LogP contribution in [0.1, 0.15) is 5.56 Å². The molecule has 0 saturated carbocycles. The summed E-state index contributed by atoms with van der Waals surface area (Å²) in [7, 11) is 0. The van der Waals surface area contributed by atoms with Crippen LogP contribution in [-0.2, 0) is 16.0 Å². The Balaban J connectivity index is 1.60. The van der Waals surface area contributed by atoms with Gasteiger partial charge in [-0.3, -0.25) is 4.79 Å². The molecule has 0 aromatic heterocycles. The molecule has 1 amide bonds. The molecular weight excluding hydrogens is 334 g/mol. The summed E-state index contributed by atoms with van der Waals surface area (Å²) >= 11 is 5.30. The molecule has 1 heterocycles.